The Balaban J connectivity index is 1.80. The summed E-state index contributed by atoms with van der Waals surface area (Å²) in [6, 6.07) is 4.36. The van der Waals surface area contributed by atoms with Crippen LogP contribution < -0.4 is 10.2 Å². The van der Waals surface area contributed by atoms with Gasteiger partial charge in [-0.05, 0) is 18.2 Å². The highest BCUT2D eigenvalue weighted by atomic mass is 32.1. The van der Waals surface area contributed by atoms with Crippen molar-refractivity contribution in [3.05, 3.63) is 44.8 Å². The second-order valence-corrected chi connectivity index (χ2v) is 4.62. The first-order valence-electron chi connectivity index (χ1n) is 5.26. The van der Waals surface area contributed by atoms with Crippen LogP contribution >= 0.6 is 11.3 Å². The highest BCUT2D eigenvalue weighted by Gasteiger charge is 2.04. The number of imidazole rings is 1. The molecule has 3 N–H and O–H groups in total. The van der Waals surface area contributed by atoms with Gasteiger partial charge in [0.15, 0.2) is 0 Å². The number of fused-ring (bicyclic) bond motifs is 1. The first kappa shape index (κ1) is 11.0. The fourth-order valence-corrected chi connectivity index (χ4v) is 2.23. The monoisotopic (exact) mass is 264 g/mol. The zero-order valence-corrected chi connectivity index (χ0v) is 9.97. The van der Waals surface area contributed by atoms with E-state index < -0.39 is 0 Å². The van der Waals surface area contributed by atoms with Gasteiger partial charge in [0.25, 0.3) is 0 Å². The van der Waals surface area contributed by atoms with Gasteiger partial charge in [0, 0.05) is 11.1 Å². The number of aromatic amines is 2. The van der Waals surface area contributed by atoms with Crippen LogP contribution in [0.3, 0.4) is 0 Å². The summed E-state index contributed by atoms with van der Waals surface area (Å²) in [6.07, 6.45) is 0. The van der Waals surface area contributed by atoms with Gasteiger partial charge in [-0.2, -0.15) is 0 Å². The van der Waals surface area contributed by atoms with Crippen LogP contribution in [0, 0.1) is 5.82 Å². The number of nitrogens with one attached hydrogen (secondary N) is 3. The number of rotatable bonds is 3. The Bertz CT molecular complexity index is 745. The minimum Gasteiger partial charge on any atom is -0.350 e. The predicted molar refractivity (Wildman–Crippen MR) is 68.3 cm³/mol. The van der Waals surface area contributed by atoms with E-state index in [0.717, 1.165) is 17.0 Å². The van der Waals surface area contributed by atoms with Gasteiger partial charge in [0.1, 0.15) is 5.82 Å². The van der Waals surface area contributed by atoms with Crippen molar-refractivity contribution in [1.29, 1.82) is 0 Å². The number of aromatic nitrogens is 3. The lowest BCUT2D eigenvalue weighted by Gasteiger charge is -1.98. The number of halogens is 1. The molecule has 0 saturated heterocycles. The largest absolute Gasteiger partial charge is 0.350 e. The van der Waals surface area contributed by atoms with E-state index in [2.05, 4.69) is 20.3 Å². The molecule has 1 aromatic carbocycles. The quantitative estimate of drug-likeness (QED) is 0.678. The van der Waals surface area contributed by atoms with Crippen LogP contribution in [-0.4, -0.2) is 15.0 Å². The van der Waals surface area contributed by atoms with E-state index in [-0.39, 0.29) is 10.7 Å². The van der Waals surface area contributed by atoms with E-state index in [4.69, 9.17) is 0 Å². The molecule has 0 atom stereocenters. The Morgan fingerprint density at radius 1 is 1.39 bits per heavy atom. The molecule has 0 aliphatic rings. The highest BCUT2D eigenvalue weighted by Crippen LogP contribution is 2.15. The first-order chi connectivity index (χ1) is 8.70. The minimum absolute atomic E-state index is 0.0847. The summed E-state index contributed by atoms with van der Waals surface area (Å²) in [5, 5.41) is 4.78. The van der Waals surface area contributed by atoms with Gasteiger partial charge in [0.05, 0.1) is 17.6 Å². The maximum atomic E-state index is 13.0. The van der Waals surface area contributed by atoms with Gasteiger partial charge >= 0.3 is 4.87 Å². The SMILES string of the molecule is O=c1[nH]c(CNc2nc3ccc(F)cc3[nH]2)cs1. The summed E-state index contributed by atoms with van der Waals surface area (Å²) >= 11 is 1.12. The average Bonchev–Trinajstić information content (AvgIpc) is 2.92. The summed E-state index contributed by atoms with van der Waals surface area (Å²) in [7, 11) is 0. The summed E-state index contributed by atoms with van der Waals surface area (Å²) in [5.74, 6) is 0.238. The Labute approximate surface area is 105 Å². The molecule has 0 aliphatic carbocycles. The lowest BCUT2D eigenvalue weighted by molar-refractivity contribution is 0.629. The van der Waals surface area contributed by atoms with E-state index in [1.165, 1.54) is 12.1 Å². The summed E-state index contributed by atoms with van der Waals surface area (Å²) in [6.45, 7) is 0.459. The van der Waals surface area contributed by atoms with Crippen molar-refractivity contribution in [3.63, 3.8) is 0 Å². The number of hydrogen-bond acceptors (Lipinski definition) is 4. The molecular weight excluding hydrogens is 255 g/mol. The third-order valence-electron chi connectivity index (χ3n) is 2.46. The summed E-state index contributed by atoms with van der Waals surface area (Å²) < 4.78 is 13.0. The average molecular weight is 264 g/mol. The molecule has 18 heavy (non-hydrogen) atoms. The maximum absolute atomic E-state index is 13.0. The number of anilines is 1. The predicted octanol–water partition coefficient (Wildman–Crippen LogP) is 2.06. The van der Waals surface area contributed by atoms with Crippen molar-refractivity contribution >= 4 is 28.3 Å². The summed E-state index contributed by atoms with van der Waals surface area (Å²) in [4.78, 5) is 20.8. The molecule has 0 amide bonds. The Kier molecular flexibility index (Phi) is 2.60. The molecular formula is C11H9FN4OS. The fraction of sp³-hybridized carbons (Fsp3) is 0.0909. The lowest BCUT2D eigenvalue weighted by atomic mass is 10.3. The molecule has 7 heteroatoms. The molecule has 2 heterocycles. The normalized spacial score (nSPS) is 10.9. The van der Waals surface area contributed by atoms with Crippen molar-refractivity contribution in [3.8, 4) is 0 Å². The number of benzene rings is 1. The van der Waals surface area contributed by atoms with Crippen LogP contribution in [0.25, 0.3) is 11.0 Å². The van der Waals surface area contributed by atoms with Gasteiger partial charge in [0.2, 0.25) is 5.95 Å². The van der Waals surface area contributed by atoms with Crippen LogP contribution in [-0.2, 0) is 6.54 Å². The maximum Gasteiger partial charge on any atom is 0.304 e. The number of hydrogen-bond donors (Lipinski definition) is 3. The first-order valence-corrected chi connectivity index (χ1v) is 6.14. The zero-order chi connectivity index (χ0) is 12.5. The molecule has 0 unspecified atom stereocenters. The molecule has 3 rings (SSSR count). The van der Waals surface area contributed by atoms with Crippen molar-refractivity contribution in [2.24, 2.45) is 0 Å². The highest BCUT2D eigenvalue weighted by molar-refractivity contribution is 7.07. The smallest absolute Gasteiger partial charge is 0.304 e. The molecule has 0 saturated carbocycles. The van der Waals surface area contributed by atoms with Crippen molar-refractivity contribution in [1.82, 2.24) is 15.0 Å². The Hall–Kier alpha value is -2.15. The van der Waals surface area contributed by atoms with E-state index >= 15 is 0 Å². The van der Waals surface area contributed by atoms with E-state index in [9.17, 15) is 9.18 Å². The van der Waals surface area contributed by atoms with E-state index in [1.54, 1.807) is 11.4 Å². The summed E-state index contributed by atoms with van der Waals surface area (Å²) in [5.41, 5.74) is 2.12. The second-order valence-electron chi connectivity index (χ2n) is 3.77. The van der Waals surface area contributed by atoms with Crippen molar-refractivity contribution < 1.29 is 4.39 Å². The van der Waals surface area contributed by atoms with Crippen LogP contribution in [0.2, 0.25) is 0 Å². The van der Waals surface area contributed by atoms with Crippen LogP contribution in [0.1, 0.15) is 5.69 Å². The minimum atomic E-state index is -0.306. The van der Waals surface area contributed by atoms with E-state index in [0.29, 0.717) is 23.5 Å². The molecule has 0 radical (unpaired) electrons. The molecule has 0 aliphatic heterocycles. The van der Waals surface area contributed by atoms with Gasteiger partial charge in [-0.3, -0.25) is 4.79 Å². The number of H-pyrrole nitrogens is 2. The van der Waals surface area contributed by atoms with Crippen molar-refractivity contribution in [2.75, 3.05) is 5.32 Å². The van der Waals surface area contributed by atoms with Gasteiger partial charge in [-0.25, -0.2) is 9.37 Å². The number of nitrogens with zero attached hydrogens (tertiary/aromatic N) is 1. The second kappa shape index (κ2) is 4.26. The van der Waals surface area contributed by atoms with Crippen LogP contribution in [0.4, 0.5) is 10.3 Å². The van der Waals surface area contributed by atoms with Gasteiger partial charge in [-0.15, -0.1) is 0 Å². The third-order valence-corrected chi connectivity index (χ3v) is 3.18. The Morgan fingerprint density at radius 3 is 3.06 bits per heavy atom. The molecule has 0 bridgehead atoms. The van der Waals surface area contributed by atoms with Gasteiger partial charge in [-0.1, -0.05) is 11.3 Å². The van der Waals surface area contributed by atoms with Crippen LogP contribution in [0.5, 0.6) is 0 Å². The standard InChI is InChI=1S/C11H9FN4OS/c12-6-1-2-8-9(3-6)16-10(15-8)13-4-7-5-18-11(17)14-7/h1-3,5H,4H2,(H,14,17)(H2,13,15,16). The molecule has 2 aromatic heterocycles. The third kappa shape index (κ3) is 2.12. The molecule has 0 fully saturated rings. The Morgan fingerprint density at radius 2 is 2.28 bits per heavy atom. The molecule has 3 aromatic rings. The number of thiazole rings is 1. The fourth-order valence-electron chi connectivity index (χ4n) is 1.65. The lowest BCUT2D eigenvalue weighted by Crippen LogP contribution is -2.03. The molecule has 0 spiro atoms. The van der Waals surface area contributed by atoms with E-state index in [1.807, 2.05) is 0 Å². The van der Waals surface area contributed by atoms with Crippen LogP contribution in [0.15, 0.2) is 28.4 Å². The molecule has 5 nitrogen and oxygen atoms in total. The van der Waals surface area contributed by atoms with Crippen molar-refractivity contribution in [2.45, 2.75) is 6.54 Å². The van der Waals surface area contributed by atoms with Gasteiger partial charge < -0.3 is 15.3 Å². The topological polar surface area (TPSA) is 73.6 Å². The zero-order valence-electron chi connectivity index (χ0n) is 9.16. The molecule has 92 valence electrons.